The maximum Gasteiger partial charge on any atom is 0.421 e. The van der Waals surface area contributed by atoms with E-state index in [0.717, 1.165) is 0 Å². The van der Waals surface area contributed by atoms with Gasteiger partial charge in [-0.3, -0.25) is 0 Å². The summed E-state index contributed by atoms with van der Waals surface area (Å²) in [7, 11) is -11.4. The Bertz CT molecular complexity index is 892. The molecule has 1 fully saturated rings. The molecule has 0 N–H and O–H groups in total. The van der Waals surface area contributed by atoms with Gasteiger partial charge in [0.25, 0.3) is 0 Å². The van der Waals surface area contributed by atoms with Crippen LogP contribution in [0.25, 0.3) is 0 Å². The van der Waals surface area contributed by atoms with Gasteiger partial charge >= 0.3 is 15.5 Å². The van der Waals surface area contributed by atoms with Crippen LogP contribution in [0, 0.1) is 0 Å². The van der Waals surface area contributed by atoms with Crippen molar-refractivity contribution in [2.75, 3.05) is 13.2 Å². The molecule has 5 nitrogen and oxygen atoms in total. The van der Waals surface area contributed by atoms with Crippen LogP contribution in [-0.2, 0) is 9.05 Å². The van der Waals surface area contributed by atoms with Gasteiger partial charge in [-0.25, -0.2) is 0 Å². The van der Waals surface area contributed by atoms with Crippen molar-refractivity contribution in [3.05, 3.63) is 60.7 Å². The summed E-state index contributed by atoms with van der Waals surface area (Å²) in [5.74, 6) is 0. The SMILES string of the molecule is FP1(F)=NP(c2ccccc2)(c2ccccc2)=NP2(=N1)OCCCO2. The number of nitrogens with zero attached hydrogens (tertiary/aromatic N) is 3. The Morgan fingerprint density at radius 1 is 0.720 bits per heavy atom. The minimum absolute atomic E-state index is 0.324. The van der Waals surface area contributed by atoms with E-state index in [1.54, 1.807) is 48.5 Å². The second-order valence-electron chi connectivity index (χ2n) is 5.51. The molecule has 0 bridgehead atoms. The lowest BCUT2D eigenvalue weighted by atomic mass is 10.4. The van der Waals surface area contributed by atoms with E-state index in [1.165, 1.54) is 0 Å². The summed E-state index contributed by atoms with van der Waals surface area (Å²) in [5, 5.41) is 1.32. The Balaban J connectivity index is 2.08. The number of hydrogen-bond acceptors (Lipinski definition) is 5. The highest BCUT2D eigenvalue weighted by Gasteiger charge is 2.42. The summed E-state index contributed by atoms with van der Waals surface area (Å²) >= 11 is 0. The summed E-state index contributed by atoms with van der Waals surface area (Å²) in [4.78, 5) is 0. The Morgan fingerprint density at radius 3 is 1.76 bits per heavy atom. The van der Waals surface area contributed by atoms with Crippen molar-refractivity contribution < 1.29 is 17.4 Å². The second-order valence-corrected chi connectivity index (χ2v) is 12.3. The molecule has 1 spiro atoms. The molecule has 2 aromatic rings. The van der Waals surface area contributed by atoms with Crippen molar-refractivity contribution in [2.24, 2.45) is 13.5 Å². The molecule has 2 aliphatic heterocycles. The summed E-state index contributed by atoms with van der Waals surface area (Å²) in [5.41, 5.74) is 0. The van der Waals surface area contributed by atoms with Gasteiger partial charge in [0, 0.05) is 10.6 Å². The van der Waals surface area contributed by atoms with E-state index in [2.05, 4.69) is 9.03 Å². The lowest BCUT2D eigenvalue weighted by Gasteiger charge is -2.32. The number of benzene rings is 2. The van der Waals surface area contributed by atoms with E-state index in [4.69, 9.17) is 13.6 Å². The summed E-state index contributed by atoms with van der Waals surface area (Å²) in [6.45, 7) is 0.648. The molecule has 0 unspecified atom stereocenters. The van der Waals surface area contributed by atoms with Crippen LogP contribution in [0.5, 0.6) is 0 Å². The molecular formula is C15H16F2N3O2P3. The Kier molecular flexibility index (Phi) is 4.56. The Morgan fingerprint density at radius 2 is 1.24 bits per heavy atom. The Labute approximate surface area is 145 Å². The number of halogens is 2. The predicted molar refractivity (Wildman–Crippen MR) is 98.9 cm³/mol. The van der Waals surface area contributed by atoms with E-state index >= 15 is 0 Å². The van der Waals surface area contributed by atoms with E-state index in [9.17, 15) is 8.39 Å². The minimum Gasteiger partial charge on any atom is -0.306 e. The Hall–Kier alpha value is -1.09. The quantitative estimate of drug-likeness (QED) is 0.577. The van der Waals surface area contributed by atoms with E-state index < -0.39 is 22.7 Å². The van der Waals surface area contributed by atoms with Crippen LogP contribution in [0.1, 0.15) is 6.42 Å². The van der Waals surface area contributed by atoms with Gasteiger partial charge < -0.3 is 9.05 Å². The fourth-order valence-electron chi connectivity index (χ4n) is 2.70. The van der Waals surface area contributed by atoms with Crippen LogP contribution in [-0.4, -0.2) is 13.2 Å². The molecule has 0 radical (unpaired) electrons. The third-order valence-corrected chi connectivity index (χ3v) is 12.4. The first-order valence-electron chi connectivity index (χ1n) is 7.75. The first-order valence-corrected chi connectivity index (χ1v) is 12.4. The first kappa shape index (κ1) is 17.3. The summed E-state index contributed by atoms with van der Waals surface area (Å²) < 4.78 is 52.9. The second kappa shape index (κ2) is 6.57. The predicted octanol–water partition coefficient (Wildman–Crippen LogP) is 6.04. The topological polar surface area (TPSA) is 55.5 Å². The number of hydrogen-bond donors (Lipinski definition) is 0. The molecule has 0 amide bonds. The van der Waals surface area contributed by atoms with Gasteiger partial charge in [-0.2, -0.15) is 9.03 Å². The molecule has 2 aliphatic rings. The van der Waals surface area contributed by atoms with Crippen molar-refractivity contribution in [3.8, 4) is 0 Å². The average molecular weight is 401 g/mol. The zero-order chi connectivity index (χ0) is 17.4. The van der Waals surface area contributed by atoms with Gasteiger partial charge in [0.2, 0.25) is 0 Å². The average Bonchev–Trinajstić information content (AvgIpc) is 2.62. The van der Waals surface area contributed by atoms with Gasteiger partial charge in [-0.15, -0.1) is 12.9 Å². The minimum atomic E-state index is -4.92. The van der Waals surface area contributed by atoms with Crippen molar-refractivity contribution in [1.29, 1.82) is 0 Å². The van der Waals surface area contributed by atoms with E-state index in [-0.39, 0.29) is 0 Å². The van der Waals surface area contributed by atoms with Gasteiger partial charge in [-0.05, 0) is 6.42 Å². The summed E-state index contributed by atoms with van der Waals surface area (Å²) in [6.07, 6.45) is 0.649. The zero-order valence-electron chi connectivity index (χ0n) is 13.2. The van der Waals surface area contributed by atoms with Gasteiger partial charge in [0.05, 0.1) is 13.2 Å². The van der Waals surface area contributed by atoms with Gasteiger partial charge in [0.1, 0.15) is 7.21 Å². The van der Waals surface area contributed by atoms with Crippen LogP contribution in [0.3, 0.4) is 0 Å². The van der Waals surface area contributed by atoms with Gasteiger partial charge in [0.15, 0.2) is 0 Å². The van der Waals surface area contributed by atoms with Crippen molar-refractivity contribution in [2.45, 2.75) is 6.42 Å². The monoisotopic (exact) mass is 401 g/mol. The lowest BCUT2D eigenvalue weighted by Crippen LogP contribution is -2.16. The van der Waals surface area contributed by atoms with Crippen LogP contribution in [0.4, 0.5) is 8.39 Å². The maximum absolute atomic E-state index is 14.7. The smallest absolute Gasteiger partial charge is 0.306 e. The molecule has 4 rings (SSSR count). The van der Waals surface area contributed by atoms with E-state index in [1.807, 2.05) is 12.1 Å². The fraction of sp³-hybridized carbons (Fsp3) is 0.200. The van der Waals surface area contributed by atoms with Crippen molar-refractivity contribution in [1.82, 2.24) is 0 Å². The molecule has 132 valence electrons. The molecule has 1 saturated heterocycles. The summed E-state index contributed by atoms with van der Waals surface area (Å²) in [6, 6.07) is 18.1. The largest absolute Gasteiger partial charge is 0.421 e. The van der Waals surface area contributed by atoms with Crippen LogP contribution in [0.2, 0.25) is 0 Å². The highest BCUT2D eigenvalue weighted by atomic mass is 31.3. The molecular weight excluding hydrogens is 385 g/mol. The van der Waals surface area contributed by atoms with Gasteiger partial charge in [-0.1, -0.05) is 60.7 Å². The molecule has 25 heavy (non-hydrogen) atoms. The third-order valence-electron chi connectivity index (χ3n) is 3.74. The van der Waals surface area contributed by atoms with E-state index in [0.29, 0.717) is 30.2 Å². The molecule has 0 saturated carbocycles. The van der Waals surface area contributed by atoms with Crippen molar-refractivity contribution >= 4 is 33.3 Å². The highest BCUT2D eigenvalue weighted by molar-refractivity contribution is 7.89. The molecule has 10 heteroatoms. The molecule has 2 aromatic carbocycles. The lowest BCUT2D eigenvalue weighted by molar-refractivity contribution is 0.174. The number of rotatable bonds is 2. The molecule has 2 heterocycles. The maximum atomic E-state index is 14.7. The van der Waals surface area contributed by atoms with Crippen LogP contribution >= 0.6 is 22.7 Å². The first-order chi connectivity index (χ1) is 12.0. The van der Waals surface area contributed by atoms with Crippen LogP contribution in [0.15, 0.2) is 74.2 Å². The standard InChI is InChI=1S/C15H16F2N3O2P3/c16-24(17)18-23(14-8-3-1-4-9-14,15-10-5-2-6-11-15)19-25(20-24)21-12-7-13-22-25/h1-6,8-11H,7,12-13H2. The normalized spacial score (nSPS) is 23.1. The van der Waals surface area contributed by atoms with Crippen LogP contribution < -0.4 is 10.6 Å². The highest BCUT2D eigenvalue weighted by Crippen LogP contribution is 2.80. The third kappa shape index (κ3) is 3.32. The molecule has 0 aliphatic carbocycles. The molecule has 0 atom stereocenters. The zero-order valence-corrected chi connectivity index (χ0v) is 15.8. The van der Waals surface area contributed by atoms with Crippen molar-refractivity contribution in [3.63, 3.8) is 0 Å². The fourth-order valence-corrected chi connectivity index (χ4v) is 12.5. The molecule has 0 aromatic heterocycles.